The first-order chi connectivity index (χ1) is 8.34. The Morgan fingerprint density at radius 3 is 2.82 bits per heavy atom. The Morgan fingerprint density at radius 1 is 1.24 bits per heavy atom. The van der Waals surface area contributed by atoms with Crippen LogP contribution in [-0.2, 0) is 11.3 Å². The van der Waals surface area contributed by atoms with E-state index in [0.717, 1.165) is 19.1 Å². The van der Waals surface area contributed by atoms with E-state index in [0.29, 0.717) is 0 Å². The molecule has 0 aliphatic heterocycles. The standard InChI is InChI=1S/C16H22O/c1-14-6-5-9-15(12-14)10-11-17-13-16-7-3-2-4-8-16/h2-4,6-8,15H,5,9-13H2,1H3/t15-/m0/s1. The van der Waals surface area contributed by atoms with Gasteiger partial charge in [0.1, 0.15) is 0 Å². The Kier molecular flexibility index (Phi) is 4.81. The van der Waals surface area contributed by atoms with Crippen molar-refractivity contribution < 1.29 is 4.74 Å². The highest BCUT2D eigenvalue weighted by Gasteiger charge is 2.12. The molecule has 0 unspecified atom stereocenters. The first-order valence-corrected chi connectivity index (χ1v) is 6.62. The number of hydrogen-bond donors (Lipinski definition) is 0. The highest BCUT2D eigenvalue weighted by Crippen LogP contribution is 2.26. The first-order valence-electron chi connectivity index (χ1n) is 6.62. The lowest BCUT2D eigenvalue weighted by molar-refractivity contribution is 0.105. The summed E-state index contributed by atoms with van der Waals surface area (Å²) >= 11 is 0. The van der Waals surface area contributed by atoms with Gasteiger partial charge in [-0.25, -0.2) is 0 Å². The van der Waals surface area contributed by atoms with Crippen LogP contribution in [0.3, 0.4) is 0 Å². The van der Waals surface area contributed by atoms with E-state index < -0.39 is 0 Å². The number of allylic oxidation sites excluding steroid dienone is 2. The monoisotopic (exact) mass is 230 g/mol. The predicted molar refractivity (Wildman–Crippen MR) is 71.8 cm³/mol. The Bertz CT molecular complexity index is 353. The van der Waals surface area contributed by atoms with Crippen LogP contribution < -0.4 is 0 Å². The molecule has 0 heterocycles. The summed E-state index contributed by atoms with van der Waals surface area (Å²) < 4.78 is 5.74. The van der Waals surface area contributed by atoms with Crippen LogP contribution in [-0.4, -0.2) is 6.61 Å². The fraction of sp³-hybridized carbons (Fsp3) is 0.500. The third kappa shape index (κ3) is 4.35. The van der Waals surface area contributed by atoms with Crippen molar-refractivity contribution in [3.05, 3.63) is 47.5 Å². The van der Waals surface area contributed by atoms with Crippen molar-refractivity contribution in [2.75, 3.05) is 6.61 Å². The molecule has 1 aliphatic rings. The zero-order valence-electron chi connectivity index (χ0n) is 10.7. The zero-order chi connectivity index (χ0) is 11.9. The van der Waals surface area contributed by atoms with Gasteiger partial charge >= 0.3 is 0 Å². The van der Waals surface area contributed by atoms with Crippen LogP contribution in [0, 0.1) is 5.92 Å². The van der Waals surface area contributed by atoms with Crippen LogP contribution in [0.25, 0.3) is 0 Å². The van der Waals surface area contributed by atoms with E-state index in [1.807, 2.05) is 6.07 Å². The number of ether oxygens (including phenoxy) is 1. The van der Waals surface area contributed by atoms with Crippen LogP contribution in [0.15, 0.2) is 42.0 Å². The summed E-state index contributed by atoms with van der Waals surface area (Å²) in [7, 11) is 0. The third-order valence-corrected chi connectivity index (χ3v) is 3.46. The van der Waals surface area contributed by atoms with Crippen molar-refractivity contribution >= 4 is 0 Å². The second-order valence-corrected chi connectivity index (χ2v) is 5.02. The molecule has 1 atom stereocenters. The van der Waals surface area contributed by atoms with Crippen molar-refractivity contribution in [1.82, 2.24) is 0 Å². The van der Waals surface area contributed by atoms with Crippen molar-refractivity contribution in [1.29, 1.82) is 0 Å². The van der Waals surface area contributed by atoms with E-state index in [1.54, 1.807) is 5.57 Å². The molecular weight excluding hydrogens is 208 g/mol. The third-order valence-electron chi connectivity index (χ3n) is 3.46. The smallest absolute Gasteiger partial charge is 0.0716 e. The van der Waals surface area contributed by atoms with Gasteiger partial charge in [-0.3, -0.25) is 0 Å². The number of rotatable bonds is 5. The molecule has 0 amide bonds. The molecular formula is C16H22O. The maximum atomic E-state index is 5.74. The lowest BCUT2D eigenvalue weighted by atomic mass is 9.87. The Morgan fingerprint density at radius 2 is 2.06 bits per heavy atom. The number of hydrogen-bond acceptors (Lipinski definition) is 1. The summed E-state index contributed by atoms with van der Waals surface area (Å²) in [4.78, 5) is 0. The van der Waals surface area contributed by atoms with E-state index in [1.165, 1.54) is 31.2 Å². The van der Waals surface area contributed by atoms with Crippen LogP contribution in [0.1, 0.15) is 38.2 Å². The van der Waals surface area contributed by atoms with Gasteiger partial charge in [0.2, 0.25) is 0 Å². The van der Waals surface area contributed by atoms with Crippen LogP contribution in [0.4, 0.5) is 0 Å². The highest BCUT2D eigenvalue weighted by atomic mass is 16.5. The fourth-order valence-electron chi connectivity index (χ4n) is 2.47. The maximum absolute atomic E-state index is 5.74. The minimum atomic E-state index is 0.752. The van der Waals surface area contributed by atoms with Gasteiger partial charge in [0.05, 0.1) is 6.61 Å². The zero-order valence-corrected chi connectivity index (χ0v) is 10.7. The van der Waals surface area contributed by atoms with Gasteiger partial charge < -0.3 is 4.74 Å². The molecule has 1 aromatic rings. The van der Waals surface area contributed by atoms with Crippen LogP contribution in [0.2, 0.25) is 0 Å². The normalized spacial score (nSPS) is 20.1. The molecule has 0 aromatic heterocycles. The maximum Gasteiger partial charge on any atom is 0.0716 e. The van der Waals surface area contributed by atoms with Gasteiger partial charge in [-0.1, -0.05) is 42.0 Å². The average molecular weight is 230 g/mol. The Hall–Kier alpha value is -1.08. The molecule has 0 fully saturated rings. The SMILES string of the molecule is CC1=CCC[C@@H](CCOCc2ccccc2)C1. The molecule has 0 saturated heterocycles. The lowest BCUT2D eigenvalue weighted by Crippen LogP contribution is -2.09. The van der Waals surface area contributed by atoms with Crippen molar-refractivity contribution in [3.63, 3.8) is 0 Å². The summed E-state index contributed by atoms with van der Waals surface area (Å²) in [5.41, 5.74) is 2.83. The summed E-state index contributed by atoms with van der Waals surface area (Å²) in [6.45, 7) is 3.90. The summed E-state index contributed by atoms with van der Waals surface area (Å²) in [5, 5.41) is 0. The van der Waals surface area contributed by atoms with Crippen molar-refractivity contribution in [2.45, 2.75) is 39.2 Å². The molecule has 0 N–H and O–H groups in total. The summed E-state index contributed by atoms with van der Waals surface area (Å²) in [6.07, 6.45) is 7.45. The summed E-state index contributed by atoms with van der Waals surface area (Å²) in [5.74, 6) is 0.843. The first kappa shape index (κ1) is 12.4. The van der Waals surface area contributed by atoms with Gasteiger partial charge in [0.25, 0.3) is 0 Å². The molecule has 1 aliphatic carbocycles. The fourth-order valence-corrected chi connectivity index (χ4v) is 2.47. The molecule has 92 valence electrons. The van der Waals surface area contributed by atoms with Gasteiger partial charge in [-0.05, 0) is 44.1 Å². The summed E-state index contributed by atoms with van der Waals surface area (Å²) in [6, 6.07) is 10.4. The molecule has 0 spiro atoms. The molecule has 17 heavy (non-hydrogen) atoms. The molecule has 0 bridgehead atoms. The largest absolute Gasteiger partial charge is 0.377 e. The van der Waals surface area contributed by atoms with E-state index >= 15 is 0 Å². The minimum absolute atomic E-state index is 0.752. The second kappa shape index (κ2) is 6.61. The van der Waals surface area contributed by atoms with Crippen molar-refractivity contribution in [2.24, 2.45) is 5.92 Å². The lowest BCUT2D eigenvalue weighted by Gasteiger charge is -2.20. The van der Waals surface area contributed by atoms with Gasteiger partial charge in [-0.2, -0.15) is 0 Å². The van der Waals surface area contributed by atoms with E-state index in [-0.39, 0.29) is 0 Å². The molecule has 1 heteroatoms. The van der Waals surface area contributed by atoms with Gasteiger partial charge in [-0.15, -0.1) is 0 Å². The molecule has 1 aromatic carbocycles. The average Bonchev–Trinajstić information content (AvgIpc) is 2.36. The highest BCUT2D eigenvalue weighted by molar-refractivity contribution is 5.13. The van der Waals surface area contributed by atoms with Crippen LogP contribution >= 0.6 is 0 Å². The quantitative estimate of drug-likeness (QED) is 0.540. The molecule has 1 nitrogen and oxygen atoms in total. The van der Waals surface area contributed by atoms with E-state index in [2.05, 4.69) is 37.3 Å². The minimum Gasteiger partial charge on any atom is -0.377 e. The van der Waals surface area contributed by atoms with Crippen LogP contribution in [0.5, 0.6) is 0 Å². The molecule has 2 rings (SSSR count). The number of benzene rings is 1. The topological polar surface area (TPSA) is 9.23 Å². The second-order valence-electron chi connectivity index (χ2n) is 5.02. The Balaban J connectivity index is 1.62. The molecule has 0 radical (unpaired) electrons. The van der Waals surface area contributed by atoms with E-state index in [9.17, 15) is 0 Å². The molecule has 0 saturated carbocycles. The predicted octanol–water partition coefficient (Wildman–Crippen LogP) is 4.34. The van der Waals surface area contributed by atoms with Gasteiger partial charge in [0.15, 0.2) is 0 Å². The van der Waals surface area contributed by atoms with Gasteiger partial charge in [0, 0.05) is 6.61 Å². The van der Waals surface area contributed by atoms with Crippen molar-refractivity contribution in [3.8, 4) is 0 Å². The Labute approximate surface area is 104 Å². The van der Waals surface area contributed by atoms with E-state index in [4.69, 9.17) is 4.74 Å².